The Morgan fingerprint density at radius 1 is 1.18 bits per heavy atom. The summed E-state index contributed by atoms with van der Waals surface area (Å²) in [6.45, 7) is 2.22. The van der Waals surface area contributed by atoms with Crippen molar-refractivity contribution in [3.05, 3.63) is 34.3 Å². The third kappa shape index (κ3) is 4.91. The van der Waals surface area contributed by atoms with E-state index in [1.807, 2.05) is 24.3 Å². The molecule has 0 aliphatic carbocycles. The van der Waals surface area contributed by atoms with Crippen LogP contribution in [0.2, 0.25) is 0 Å². The van der Waals surface area contributed by atoms with Crippen LogP contribution in [0.25, 0.3) is 0 Å². The second-order valence-electron chi connectivity index (χ2n) is 4.41. The van der Waals surface area contributed by atoms with Crippen molar-refractivity contribution >= 4 is 15.9 Å². The lowest BCUT2D eigenvalue weighted by Crippen LogP contribution is -1.97. The van der Waals surface area contributed by atoms with E-state index in [2.05, 4.69) is 28.9 Å². The number of hydrogen-bond acceptors (Lipinski definition) is 1. The molecule has 1 atom stereocenters. The van der Waals surface area contributed by atoms with Gasteiger partial charge in [0.1, 0.15) is 0 Å². The monoisotopic (exact) mass is 293 g/mol. The minimum atomic E-state index is 0.0344. The summed E-state index contributed by atoms with van der Waals surface area (Å²) >= 11 is 3.52. The molecular weight excluding hydrogens is 274 g/mol. The van der Waals surface area contributed by atoms with Crippen LogP contribution in [-0.2, 0) is 0 Å². The van der Waals surface area contributed by atoms with E-state index in [0.717, 1.165) is 22.9 Å². The maximum atomic E-state index is 9.24. The van der Waals surface area contributed by atoms with Crippen molar-refractivity contribution in [3.8, 4) is 6.07 Å². The first kappa shape index (κ1) is 14.3. The maximum absolute atomic E-state index is 9.24. The predicted octanol–water partition coefficient (Wildman–Crippen LogP) is 5.42. The quantitative estimate of drug-likeness (QED) is 0.616. The Morgan fingerprint density at radius 3 is 2.53 bits per heavy atom. The molecular formula is C15H20BrN. The van der Waals surface area contributed by atoms with Crippen LogP contribution in [0, 0.1) is 11.3 Å². The lowest BCUT2D eigenvalue weighted by molar-refractivity contribution is 0.589. The molecule has 0 N–H and O–H groups in total. The molecule has 0 unspecified atom stereocenters. The number of benzene rings is 1. The molecule has 0 radical (unpaired) electrons. The Hall–Kier alpha value is -0.810. The van der Waals surface area contributed by atoms with E-state index in [4.69, 9.17) is 0 Å². The van der Waals surface area contributed by atoms with Crippen molar-refractivity contribution in [2.24, 2.45) is 0 Å². The van der Waals surface area contributed by atoms with E-state index in [9.17, 15) is 5.26 Å². The fraction of sp³-hybridized carbons (Fsp3) is 0.533. The molecule has 17 heavy (non-hydrogen) atoms. The average Bonchev–Trinajstić information content (AvgIpc) is 2.35. The Bertz CT molecular complexity index is 367. The smallest absolute Gasteiger partial charge is 0.0723 e. The summed E-state index contributed by atoms with van der Waals surface area (Å²) in [5, 5.41) is 9.24. The van der Waals surface area contributed by atoms with Crippen molar-refractivity contribution in [1.29, 1.82) is 5.26 Å². The van der Waals surface area contributed by atoms with E-state index in [-0.39, 0.29) is 5.92 Å². The standard InChI is InChI=1S/C15H20BrN/c1-2-3-4-5-6-9-13(12-17)14-10-7-8-11-15(14)16/h7-8,10-11,13H,2-6,9H2,1H3/t13-/m0/s1. The highest BCUT2D eigenvalue weighted by Gasteiger charge is 2.12. The maximum Gasteiger partial charge on any atom is 0.0723 e. The van der Waals surface area contributed by atoms with E-state index in [1.165, 1.54) is 25.7 Å². The molecule has 0 spiro atoms. The van der Waals surface area contributed by atoms with Gasteiger partial charge in [-0.1, -0.05) is 73.2 Å². The van der Waals surface area contributed by atoms with Crippen LogP contribution in [0.15, 0.2) is 28.7 Å². The molecule has 2 heteroatoms. The molecule has 0 aromatic heterocycles. The lowest BCUT2D eigenvalue weighted by atomic mass is 9.94. The number of nitriles is 1. The fourth-order valence-corrected chi connectivity index (χ4v) is 2.56. The number of unbranched alkanes of at least 4 members (excludes halogenated alkanes) is 4. The minimum absolute atomic E-state index is 0.0344. The van der Waals surface area contributed by atoms with Crippen molar-refractivity contribution < 1.29 is 0 Å². The molecule has 1 nitrogen and oxygen atoms in total. The van der Waals surface area contributed by atoms with Crippen molar-refractivity contribution in [1.82, 2.24) is 0 Å². The summed E-state index contributed by atoms with van der Waals surface area (Å²) < 4.78 is 1.06. The van der Waals surface area contributed by atoms with Gasteiger partial charge in [-0.25, -0.2) is 0 Å². The average molecular weight is 294 g/mol. The molecule has 1 aromatic carbocycles. The Labute approximate surface area is 113 Å². The Balaban J connectivity index is 2.45. The van der Waals surface area contributed by atoms with Gasteiger partial charge in [0.2, 0.25) is 0 Å². The first-order chi connectivity index (χ1) is 8.29. The highest BCUT2D eigenvalue weighted by Crippen LogP contribution is 2.28. The first-order valence-electron chi connectivity index (χ1n) is 6.43. The molecule has 0 saturated heterocycles. The summed E-state index contributed by atoms with van der Waals surface area (Å²) in [5.74, 6) is 0.0344. The second kappa shape index (κ2) is 8.31. The molecule has 1 rings (SSSR count). The zero-order chi connectivity index (χ0) is 12.5. The predicted molar refractivity (Wildman–Crippen MR) is 75.9 cm³/mol. The van der Waals surface area contributed by atoms with E-state index >= 15 is 0 Å². The van der Waals surface area contributed by atoms with Gasteiger partial charge >= 0.3 is 0 Å². The summed E-state index contributed by atoms with van der Waals surface area (Å²) in [4.78, 5) is 0. The molecule has 1 aromatic rings. The molecule has 0 heterocycles. The molecule has 0 saturated carbocycles. The summed E-state index contributed by atoms with van der Waals surface area (Å²) in [6.07, 6.45) is 7.25. The number of nitrogens with zero attached hydrogens (tertiary/aromatic N) is 1. The van der Waals surface area contributed by atoms with Gasteiger partial charge in [-0.3, -0.25) is 0 Å². The number of hydrogen-bond donors (Lipinski definition) is 0. The second-order valence-corrected chi connectivity index (χ2v) is 5.26. The van der Waals surface area contributed by atoms with Gasteiger partial charge in [-0.2, -0.15) is 5.26 Å². The van der Waals surface area contributed by atoms with Gasteiger partial charge < -0.3 is 0 Å². The molecule has 92 valence electrons. The molecule has 0 aliphatic heterocycles. The molecule has 0 bridgehead atoms. The normalized spacial score (nSPS) is 12.1. The van der Waals surface area contributed by atoms with Crippen LogP contribution in [0.1, 0.15) is 56.9 Å². The lowest BCUT2D eigenvalue weighted by Gasteiger charge is -2.11. The first-order valence-corrected chi connectivity index (χ1v) is 7.23. The summed E-state index contributed by atoms with van der Waals surface area (Å²) in [7, 11) is 0. The summed E-state index contributed by atoms with van der Waals surface area (Å²) in [5.41, 5.74) is 1.13. The van der Waals surface area contributed by atoms with Gasteiger partial charge in [-0.15, -0.1) is 0 Å². The summed E-state index contributed by atoms with van der Waals surface area (Å²) in [6, 6.07) is 10.5. The number of halogens is 1. The van der Waals surface area contributed by atoms with Crippen LogP contribution in [-0.4, -0.2) is 0 Å². The van der Waals surface area contributed by atoms with Gasteiger partial charge in [0.25, 0.3) is 0 Å². The van der Waals surface area contributed by atoms with Crippen molar-refractivity contribution in [3.63, 3.8) is 0 Å². The Kier molecular flexibility index (Phi) is 6.96. The third-order valence-corrected chi connectivity index (χ3v) is 3.75. The molecule has 0 fully saturated rings. The van der Waals surface area contributed by atoms with Crippen molar-refractivity contribution in [2.45, 2.75) is 51.4 Å². The highest BCUT2D eigenvalue weighted by atomic mass is 79.9. The van der Waals surface area contributed by atoms with Crippen LogP contribution < -0.4 is 0 Å². The van der Waals surface area contributed by atoms with Gasteiger partial charge in [0.15, 0.2) is 0 Å². The Morgan fingerprint density at radius 2 is 1.88 bits per heavy atom. The fourth-order valence-electron chi connectivity index (χ4n) is 2.00. The van der Waals surface area contributed by atoms with E-state index < -0.39 is 0 Å². The van der Waals surface area contributed by atoms with Crippen molar-refractivity contribution in [2.75, 3.05) is 0 Å². The van der Waals surface area contributed by atoms with Crippen LogP contribution >= 0.6 is 15.9 Å². The molecule has 0 amide bonds. The van der Waals surface area contributed by atoms with Gasteiger partial charge in [-0.05, 0) is 18.1 Å². The number of rotatable bonds is 7. The van der Waals surface area contributed by atoms with Crippen LogP contribution in [0.5, 0.6) is 0 Å². The van der Waals surface area contributed by atoms with Crippen LogP contribution in [0.3, 0.4) is 0 Å². The zero-order valence-corrected chi connectivity index (χ0v) is 12.0. The van der Waals surface area contributed by atoms with Gasteiger partial charge in [0, 0.05) is 4.47 Å². The largest absolute Gasteiger partial charge is 0.198 e. The van der Waals surface area contributed by atoms with E-state index in [1.54, 1.807) is 0 Å². The van der Waals surface area contributed by atoms with Crippen LogP contribution in [0.4, 0.5) is 0 Å². The van der Waals surface area contributed by atoms with E-state index in [0.29, 0.717) is 0 Å². The highest BCUT2D eigenvalue weighted by molar-refractivity contribution is 9.10. The molecule has 0 aliphatic rings. The van der Waals surface area contributed by atoms with Gasteiger partial charge in [0.05, 0.1) is 12.0 Å². The topological polar surface area (TPSA) is 23.8 Å². The third-order valence-electron chi connectivity index (χ3n) is 3.03. The SMILES string of the molecule is CCCCCCC[C@@H](C#N)c1ccccc1Br. The minimum Gasteiger partial charge on any atom is -0.198 e. The zero-order valence-electron chi connectivity index (χ0n) is 10.5.